The second-order valence-electron chi connectivity index (χ2n) is 4.86. The quantitative estimate of drug-likeness (QED) is 0.663. The van der Waals surface area contributed by atoms with E-state index < -0.39 is 26.5 Å². The van der Waals surface area contributed by atoms with E-state index in [1.165, 1.54) is 4.31 Å². The first-order chi connectivity index (χ1) is 9.86. The number of hydrogen-bond donors (Lipinski definition) is 1. The van der Waals surface area contributed by atoms with Crippen molar-refractivity contribution in [2.75, 3.05) is 20.1 Å². The summed E-state index contributed by atoms with van der Waals surface area (Å²) in [5, 5.41) is 13.6. The van der Waals surface area contributed by atoms with E-state index in [0.29, 0.717) is 25.6 Å². The maximum Gasteiger partial charge on any atom is 0.304 e. The molecular formula is C12H16FN3O4S. The van der Waals surface area contributed by atoms with Crippen molar-refractivity contribution < 1.29 is 17.7 Å². The van der Waals surface area contributed by atoms with Gasteiger partial charge in [-0.1, -0.05) is 0 Å². The molecule has 0 aromatic heterocycles. The molecule has 1 aromatic carbocycles. The van der Waals surface area contributed by atoms with Crippen LogP contribution in [0.5, 0.6) is 0 Å². The third-order valence-electron chi connectivity index (χ3n) is 3.55. The summed E-state index contributed by atoms with van der Waals surface area (Å²) in [5.41, 5.74) is -0.735. The summed E-state index contributed by atoms with van der Waals surface area (Å²) >= 11 is 0. The van der Waals surface area contributed by atoms with Crippen LogP contribution in [-0.4, -0.2) is 43.8 Å². The molecule has 2 rings (SSSR count). The average Bonchev–Trinajstić information content (AvgIpc) is 2.46. The van der Waals surface area contributed by atoms with Crippen molar-refractivity contribution in [3.8, 4) is 0 Å². The lowest BCUT2D eigenvalue weighted by atomic mass is 10.1. The lowest BCUT2D eigenvalue weighted by Gasteiger charge is -2.31. The van der Waals surface area contributed by atoms with Crippen LogP contribution in [0.1, 0.15) is 12.8 Å². The third-order valence-corrected chi connectivity index (χ3v) is 5.41. The van der Waals surface area contributed by atoms with Gasteiger partial charge < -0.3 is 5.32 Å². The van der Waals surface area contributed by atoms with E-state index >= 15 is 0 Å². The zero-order chi connectivity index (χ0) is 15.6. The summed E-state index contributed by atoms with van der Waals surface area (Å²) in [5.74, 6) is -1.15. The molecule has 1 atom stereocenters. The number of sulfonamides is 1. The van der Waals surface area contributed by atoms with Crippen molar-refractivity contribution in [2.45, 2.75) is 23.8 Å². The number of piperidine rings is 1. The summed E-state index contributed by atoms with van der Waals surface area (Å²) in [4.78, 5) is 9.42. The fourth-order valence-electron chi connectivity index (χ4n) is 2.34. The van der Waals surface area contributed by atoms with Crippen molar-refractivity contribution in [3.63, 3.8) is 0 Å². The molecule has 1 N–H and O–H groups in total. The zero-order valence-electron chi connectivity index (χ0n) is 11.5. The average molecular weight is 317 g/mol. The molecule has 7 nitrogen and oxygen atoms in total. The van der Waals surface area contributed by atoms with E-state index in [1.54, 1.807) is 7.05 Å². The lowest BCUT2D eigenvalue weighted by Crippen LogP contribution is -2.46. The van der Waals surface area contributed by atoms with Gasteiger partial charge in [-0.3, -0.25) is 10.1 Å². The second kappa shape index (κ2) is 6.04. The Labute approximate surface area is 122 Å². The number of nitro groups is 1. The van der Waals surface area contributed by atoms with Crippen LogP contribution in [0.15, 0.2) is 23.1 Å². The first-order valence-corrected chi connectivity index (χ1v) is 7.91. The largest absolute Gasteiger partial charge is 0.316 e. The summed E-state index contributed by atoms with van der Waals surface area (Å²) in [6.45, 7) is 0.663. The lowest BCUT2D eigenvalue weighted by molar-refractivity contribution is -0.387. The molecule has 1 unspecified atom stereocenters. The van der Waals surface area contributed by atoms with Gasteiger partial charge in [0.15, 0.2) is 0 Å². The number of nitrogens with zero attached hydrogens (tertiary/aromatic N) is 2. The van der Waals surface area contributed by atoms with Gasteiger partial charge in [-0.05, 0) is 26.0 Å². The molecule has 0 spiro atoms. The van der Waals surface area contributed by atoms with Gasteiger partial charge in [0.2, 0.25) is 15.8 Å². The van der Waals surface area contributed by atoms with E-state index in [-0.39, 0.29) is 10.9 Å². The molecule has 1 saturated heterocycles. The van der Waals surface area contributed by atoms with E-state index in [4.69, 9.17) is 0 Å². The summed E-state index contributed by atoms with van der Waals surface area (Å²) in [7, 11) is -2.08. The van der Waals surface area contributed by atoms with Crippen LogP contribution in [0.2, 0.25) is 0 Å². The standard InChI is InChI=1S/C12H16FN3O4S/c1-14-9-3-2-6-15(8-9)21(19,20)10-4-5-12(16(17)18)11(13)7-10/h4-5,7,9,14H,2-3,6,8H2,1H3. The van der Waals surface area contributed by atoms with Gasteiger partial charge in [0.1, 0.15) is 0 Å². The number of halogens is 1. The highest BCUT2D eigenvalue weighted by Crippen LogP contribution is 2.25. The molecule has 0 saturated carbocycles. The fourth-order valence-corrected chi connectivity index (χ4v) is 3.88. The predicted octanol–water partition coefficient (Wildman–Crippen LogP) is 1.11. The van der Waals surface area contributed by atoms with E-state index in [2.05, 4.69) is 5.32 Å². The number of benzene rings is 1. The van der Waals surface area contributed by atoms with Crippen molar-refractivity contribution in [1.29, 1.82) is 0 Å². The fraction of sp³-hybridized carbons (Fsp3) is 0.500. The molecule has 1 fully saturated rings. The van der Waals surface area contributed by atoms with E-state index in [9.17, 15) is 22.9 Å². The Hall–Kier alpha value is -1.58. The van der Waals surface area contributed by atoms with E-state index in [0.717, 1.165) is 18.6 Å². The van der Waals surface area contributed by atoms with Crippen LogP contribution in [0, 0.1) is 15.9 Å². The van der Waals surface area contributed by atoms with Crippen LogP contribution in [-0.2, 0) is 10.0 Å². The topological polar surface area (TPSA) is 92.6 Å². The van der Waals surface area contributed by atoms with Gasteiger partial charge in [0.25, 0.3) is 0 Å². The Morgan fingerprint density at radius 1 is 1.48 bits per heavy atom. The molecule has 0 bridgehead atoms. The summed E-state index contributed by atoms with van der Waals surface area (Å²) in [6, 6.07) is 2.70. The van der Waals surface area contributed by atoms with Gasteiger partial charge >= 0.3 is 5.69 Å². The maximum absolute atomic E-state index is 13.6. The van der Waals surface area contributed by atoms with Gasteiger partial charge in [-0.25, -0.2) is 8.42 Å². The molecule has 116 valence electrons. The summed E-state index contributed by atoms with van der Waals surface area (Å²) in [6.07, 6.45) is 1.58. The molecule has 0 aliphatic carbocycles. The number of hydrogen-bond acceptors (Lipinski definition) is 5. The Balaban J connectivity index is 2.31. The minimum Gasteiger partial charge on any atom is -0.316 e. The van der Waals surface area contributed by atoms with Gasteiger partial charge in [-0.2, -0.15) is 8.70 Å². The number of nitrogens with one attached hydrogen (secondary N) is 1. The second-order valence-corrected chi connectivity index (χ2v) is 6.80. The van der Waals surface area contributed by atoms with Gasteiger partial charge in [-0.15, -0.1) is 0 Å². The molecule has 1 aromatic rings. The Morgan fingerprint density at radius 3 is 2.76 bits per heavy atom. The highest BCUT2D eigenvalue weighted by atomic mass is 32.2. The van der Waals surface area contributed by atoms with Gasteiger partial charge in [0.05, 0.1) is 9.82 Å². The van der Waals surface area contributed by atoms with E-state index in [1.807, 2.05) is 0 Å². The van der Waals surface area contributed by atoms with Crippen LogP contribution in [0.3, 0.4) is 0 Å². The molecule has 1 aliphatic rings. The van der Waals surface area contributed by atoms with Crippen LogP contribution in [0.4, 0.5) is 10.1 Å². The van der Waals surface area contributed by atoms with Crippen molar-refractivity contribution in [2.24, 2.45) is 0 Å². The highest BCUT2D eigenvalue weighted by molar-refractivity contribution is 7.89. The van der Waals surface area contributed by atoms with Crippen molar-refractivity contribution in [1.82, 2.24) is 9.62 Å². The van der Waals surface area contributed by atoms with Crippen molar-refractivity contribution in [3.05, 3.63) is 34.1 Å². The number of nitro benzene ring substituents is 1. The minimum absolute atomic E-state index is 0.0522. The first kappa shape index (κ1) is 15.8. The number of rotatable bonds is 4. The summed E-state index contributed by atoms with van der Waals surface area (Å²) < 4.78 is 39.8. The minimum atomic E-state index is -3.84. The van der Waals surface area contributed by atoms with Crippen LogP contribution < -0.4 is 5.32 Å². The maximum atomic E-state index is 13.6. The monoisotopic (exact) mass is 317 g/mol. The normalized spacial score (nSPS) is 20.4. The first-order valence-electron chi connectivity index (χ1n) is 6.47. The molecule has 1 aliphatic heterocycles. The molecule has 0 radical (unpaired) electrons. The Bertz CT molecular complexity index is 650. The Kier molecular flexibility index (Phi) is 4.55. The molecule has 9 heteroatoms. The van der Waals surface area contributed by atoms with Crippen molar-refractivity contribution >= 4 is 15.7 Å². The molecular weight excluding hydrogens is 301 g/mol. The van der Waals surface area contributed by atoms with Crippen LogP contribution >= 0.6 is 0 Å². The number of likely N-dealkylation sites (N-methyl/N-ethyl adjacent to an activating group) is 1. The SMILES string of the molecule is CNC1CCCN(S(=O)(=O)c2ccc([N+](=O)[O-])c(F)c2)C1. The molecule has 0 amide bonds. The smallest absolute Gasteiger partial charge is 0.304 e. The molecule has 21 heavy (non-hydrogen) atoms. The van der Waals surface area contributed by atoms with Crippen LogP contribution in [0.25, 0.3) is 0 Å². The predicted molar refractivity (Wildman–Crippen MR) is 73.9 cm³/mol. The third kappa shape index (κ3) is 3.20. The molecule has 1 heterocycles. The highest BCUT2D eigenvalue weighted by Gasteiger charge is 2.31. The zero-order valence-corrected chi connectivity index (χ0v) is 12.3. The Morgan fingerprint density at radius 2 is 2.19 bits per heavy atom. The van der Waals surface area contributed by atoms with Gasteiger partial charge in [0, 0.05) is 31.3 Å².